The molecule has 0 aliphatic rings. The molecule has 4 heteroatoms. The first-order valence-corrected chi connectivity index (χ1v) is 4.56. The maximum Gasteiger partial charge on any atom is 0.310 e. The zero-order valence-corrected chi connectivity index (χ0v) is 8.20. The van der Waals surface area contributed by atoms with E-state index in [0.29, 0.717) is 5.69 Å². The molecule has 0 fully saturated rings. The number of aryl methyl sites for hydroxylation is 1. The van der Waals surface area contributed by atoms with Gasteiger partial charge in [0.05, 0.1) is 5.69 Å². The smallest absolute Gasteiger partial charge is 0.297 e. The second kappa shape index (κ2) is 3.57. The highest BCUT2D eigenvalue weighted by Gasteiger charge is 2.00. The predicted molar refractivity (Wildman–Crippen MR) is 57.9 cm³/mol. The molecule has 4 nitrogen and oxygen atoms in total. The van der Waals surface area contributed by atoms with Crippen LogP contribution in [0, 0.1) is 6.92 Å². The van der Waals surface area contributed by atoms with E-state index in [1.54, 1.807) is 0 Å². The topological polar surface area (TPSA) is 65.7 Å². The Morgan fingerprint density at radius 2 is 1.67 bits per heavy atom. The molecular formula is C11H10N2O2. The highest BCUT2D eigenvalue weighted by atomic mass is 16.2. The van der Waals surface area contributed by atoms with Gasteiger partial charge in [-0.2, -0.15) is 0 Å². The quantitative estimate of drug-likeness (QED) is 0.678. The summed E-state index contributed by atoms with van der Waals surface area (Å²) in [4.78, 5) is 22.0. The van der Waals surface area contributed by atoms with E-state index in [1.807, 2.05) is 31.2 Å². The molecule has 1 heterocycles. The Morgan fingerprint density at radius 1 is 1.00 bits per heavy atom. The van der Waals surface area contributed by atoms with Crippen LogP contribution in [-0.4, -0.2) is 10.2 Å². The Morgan fingerprint density at radius 3 is 2.27 bits per heavy atom. The van der Waals surface area contributed by atoms with Gasteiger partial charge in [-0.25, -0.2) is 0 Å². The lowest BCUT2D eigenvalue weighted by molar-refractivity contribution is 0.979. The summed E-state index contributed by atoms with van der Waals surface area (Å²) in [5.41, 5.74) is 1.45. The zero-order chi connectivity index (χ0) is 10.8. The fourth-order valence-electron chi connectivity index (χ4n) is 1.31. The van der Waals surface area contributed by atoms with Crippen LogP contribution in [-0.2, 0) is 0 Å². The average molecular weight is 202 g/mol. The Kier molecular flexibility index (Phi) is 2.25. The number of hydrogen-bond donors (Lipinski definition) is 2. The van der Waals surface area contributed by atoms with Crippen molar-refractivity contribution in [2.24, 2.45) is 0 Å². The lowest BCUT2D eigenvalue weighted by Crippen LogP contribution is -2.26. The second-order valence-corrected chi connectivity index (χ2v) is 3.37. The minimum absolute atomic E-state index is 0.538. The molecule has 1 aromatic heterocycles. The van der Waals surface area contributed by atoms with Gasteiger partial charge in [-0.1, -0.05) is 29.8 Å². The Labute approximate surface area is 85.6 Å². The maximum absolute atomic E-state index is 11.1. The van der Waals surface area contributed by atoms with Crippen LogP contribution < -0.4 is 11.0 Å². The molecule has 0 saturated carbocycles. The van der Waals surface area contributed by atoms with Crippen molar-refractivity contribution in [2.75, 3.05) is 0 Å². The Hall–Kier alpha value is -2.10. The summed E-state index contributed by atoms with van der Waals surface area (Å²) >= 11 is 0. The van der Waals surface area contributed by atoms with E-state index in [0.717, 1.165) is 11.1 Å². The molecule has 0 aliphatic heterocycles. The van der Waals surface area contributed by atoms with Crippen LogP contribution in [0.1, 0.15) is 5.56 Å². The highest BCUT2D eigenvalue weighted by Crippen LogP contribution is 2.14. The summed E-state index contributed by atoms with van der Waals surface area (Å²) < 4.78 is 0. The molecule has 15 heavy (non-hydrogen) atoms. The van der Waals surface area contributed by atoms with Gasteiger partial charge in [0.25, 0.3) is 0 Å². The molecule has 0 radical (unpaired) electrons. The van der Waals surface area contributed by atoms with Crippen molar-refractivity contribution in [3.8, 4) is 11.3 Å². The molecule has 0 bridgehead atoms. The first-order valence-electron chi connectivity index (χ1n) is 4.56. The van der Waals surface area contributed by atoms with Crippen molar-refractivity contribution in [1.82, 2.24) is 10.2 Å². The minimum atomic E-state index is -0.633. The molecule has 0 saturated heterocycles. The van der Waals surface area contributed by atoms with Gasteiger partial charge in [0.2, 0.25) is 5.43 Å². The van der Waals surface area contributed by atoms with Gasteiger partial charge in [-0.3, -0.25) is 19.8 Å². The molecular weight excluding hydrogens is 192 g/mol. The number of aromatic nitrogens is 2. The first-order chi connectivity index (χ1) is 7.16. The molecule has 2 aromatic rings. The Balaban J connectivity index is 2.55. The molecule has 0 amide bonds. The number of nitrogens with one attached hydrogen (secondary N) is 2. The van der Waals surface area contributed by atoms with E-state index in [-0.39, 0.29) is 0 Å². The molecule has 0 aliphatic carbocycles. The fraction of sp³-hybridized carbons (Fsp3) is 0.0909. The number of rotatable bonds is 1. The van der Waals surface area contributed by atoms with Crippen LogP contribution in [0.25, 0.3) is 11.3 Å². The van der Waals surface area contributed by atoms with Crippen LogP contribution in [0.5, 0.6) is 0 Å². The van der Waals surface area contributed by atoms with Crippen LogP contribution in [0.4, 0.5) is 0 Å². The van der Waals surface area contributed by atoms with Crippen molar-refractivity contribution in [2.45, 2.75) is 6.92 Å². The standard InChI is InChI=1S/C11H10N2O2/c1-7-2-4-8(5-3-7)9-6-10(14)11(15)13-12-9/h2-6H,1H3,(H,12,14)(H,13,15). The fourth-order valence-corrected chi connectivity index (χ4v) is 1.31. The normalized spacial score (nSPS) is 10.2. The lowest BCUT2D eigenvalue weighted by atomic mass is 10.1. The number of benzene rings is 1. The van der Waals surface area contributed by atoms with Crippen molar-refractivity contribution >= 4 is 0 Å². The third-order valence-corrected chi connectivity index (χ3v) is 2.17. The van der Waals surface area contributed by atoms with Gasteiger partial charge < -0.3 is 0 Å². The molecule has 0 unspecified atom stereocenters. The number of hydrogen-bond acceptors (Lipinski definition) is 2. The van der Waals surface area contributed by atoms with Crippen molar-refractivity contribution in [3.63, 3.8) is 0 Å². The largest absolute Gasteiger partial charge is 0.310 e. The highest BCUT2D eigenvalue weighted by molar-refractivity contribution is 5.58. The first kappa shape index (κ1) is 9.45. The van der Waals surface area contributed by atoms with Crippen molar-refractivity contribution in [1.29, 1.82) is 0 Å². The summed E-state index contributed by atoms with van der Waals surface area (Å²) in [6, 6.07) is 8.96. The summed E-state index contributed by atoms with van der Waals surface area (Å²) in [5.74, 6) is 0. The van der Waals surface area contributed by atoms with Crippen LogP contribution in [0.2, 0.25) is 0 Å². The lowest BCUT2D eigenvalue weighted by Gasteiger charge is -2.00. The molecule has 1 aromatic carbocycles. The van der Waals surface area contributed by atoms with Gasteiger partial charge >= 0.3 is 5.56 Å². The maximum atomic E-state index is 11.1. The average Bonchev–Trinajstić information content (AvgIpc) is 2.23. The second-order valence-electron chi connectivity index (χ2n) is 3.37. The van der Waals surface area contributed by atoms with E-state index in [9.17, 15) is 9.59 Å². The van der Waals surface area contributed by atoms with Crippen LogP contribution in [0.3, 0.4) is 0 Å². The van der Waals surface area contributed by atoms with Crippen LogP contribution in [0.15, 0.2) is 39.9 Å². The zero-order valence-electron chi connectivity index (χ0n) is 8.20. The van der Waals surface area contributed by atoms with Gasteiger partial charge in [0.15, 0.2) is 0 Å². The number of H-pyrrole nitrogens is 2. The van der Waals surface area contributed by atoms with E-state index in [1.165, 1.54) is 6.07 Å². The van der Waals surface area contributed by atoms with Gasteiger partial charge in [0.1, 0.15) is 0 Å². The van der Waals surface area contributed by atoms with E-state index in [2.05, 4.69) is 10.2 Å². The number of aromatic amines is 2. The predicted octanol–water partition coefficient (Wildman–Crippen LogP) is 1.04. The van der Waals surface area contributed by atoms with Crippen LogP contribution >= 0.6 is 0 Å². The third kappa shape index (κ3) is 1.88. The molecule has 0 atom stereocenters. The molecule has 0 spiro atoms. The summed E-state index contributed by atoms with van der Waals surface area (Å²) in [5, 5.41) is 4.96. The van der Waals surface area contributed by atoms with Gasteiger partial charge in [-0.15, -0.1) is 0 Å². The van der Waals surface area contributed by atoms with Gasteiger partial charge in [0, 0.05) is 6.07 Å². The molecule has 2 rings (SSSR count). The molecule has 76 valence electrons. The minimum Gasteiger partial charge on any atom is -0.297 e. The summed E-state index contributed by atoms with van der Waals surface area (Å²) in [7, 11) is 0. The monoisotopic (exact) mass is 202 g/mol. The van der Waals surface area contributed by atoms with E-state index < -0.39 is 11.0 Å². The Bertz CT molecular complexity index is 579. The summed E-state index contributed by atoms with van der Waals surface area (Å²) in [6.45, 7) is 1.99. The van der Waals surface area contributed by atoms with E-state index in [4.69, 9.17) is 0 Å². The molecule has 2 N–H and O–H groups in total. The summed E-state index contributed by atoms with van der Waals surface area (Å²) in [6.07, 6.45) is 0. The third-order valence-electron chi connectivity index (χ3n) is 2.17. The van der Waals surface area contributed by atoms with E-state index >= 15 is 0 Å². The van der Waals surface area contributed by atoms with Crippen molar-refractivity contribution in [3.05, 3.63) is 56.5 Å². The SMILES string of the molecule is Cc1ccc(-c2cc(=O)c(=O)[nH][nH]2)cc1. The van der Waals surface area contributed by atoms with Crippen molar-refractivity contribution < 1.29 is 0 Å². The van der Waals surface area contributed by atoms with Gasteiger partial charge in [-0.05, 0) is 12.5 Å².